The average molecular weight is 271 g/mol. The number of halogens is 3. The lowest BCUT2D eigenvalue weighted by atomic mass is 10.1. The topological polar surface area (TPSA) is 67.2 Å². The molecular weight excluding hydrogens is 263 g/mol. The summed E-state index contributed by atoms with van der Waals surface area (Å²) in [6.45, 7) is 0. The third-order valence-corrected chi connectivity index (χ3v) is 2.32. The summed E-state index contributed by atoms with van der Waals surface area (Å²) in [5, 5.41) is 14.4. The van der Waals surface area contributed by atoms with Crippen LogP contribution in [-0.4, -0.2) is 21.0 Å². The summed E-state index contributed by atoms with van der Waals surface area (Å²) in [5.41, 5.74) is -0.918. The van der Waals surface area contributed by atoms with Crippen molar-refractivity contribution in [2.75, 3.05) is 5.32 Å². The molecule has 0 aliphatic heterocycles. The molecule has 0 saturated heterocycles. The molecule has 0 radical (unpaired) electrons. The van der Waals surface area contributed by atoms with Crippen LogP contribution >= 0.6 is 0 Å². The number of anilines is 1. The number of amides is 1. The maximum absolute atomic E-state index is 12.6. The van der Waals surface area contributed by atoms with Gasteiger partial charge in [-0.2, -0.15) is 18.3 Å². The highest BCUT2D eigenvalue weighted by Crippen LogP contribution is 2.33. The molecule has 5 nitrogen and oxygen atoms in total. The number of hydrogen-bond acceptors (Lipinski definition) is 2. The molecule has 2 rings (SSSR count). The summed E-state index contributed by atoms with van der Waals surface area (Å²) < 4.78 is 39.0. The largest absolute Gasteiger partial charge is 0.465 e. The lowest BCUT2D eigenvalue weighted by Crippen LogP contribution is -2.13. The number of rotatable bonds is 2. The zero-order chi connectivity index (χ0) is 14.0. The Labute approximate surface area is 105 Å². The van der Waals surface area contributed by atoms with Crippen molar-refractivity contribution in [2.45, 2.75) is 6.18 Å². The Balaban J connectivity index is 2.52. The fourth-order valence-electron chi connectivity index (χ4n) is 1.54. The Bertz CT molecular complexity index is 594. The first kappa shape index (κ1) is 12.9. The van der Waals surface area contributed by atoms with E-state index >= 15 is 0 Å². The normalized spacial score (nSPS) is 11.3. The standard InChI is InChI=1S/C11H8F3N3O2/c12-11(13,14)7-2-3-9(17-5-1-4-15-17)8(6-7)16-10(18)19/h1-6,16H,(H,18,19). The SMILES string of the molecule is O=C(O)Nc1cc(C(F)(F)F)ccc1-n1cccn1. The quantitative estimate of drug-likeness (QED) is 0.882. The minimum atomic E-state index is -4.54. The number of nitrogens with zero attached hydrogens (tertiary/aromatic N) is 2. The van der Waals surface area contributed by atoms with E-state index in [9.17, 15) is 18.0 Å². The summed E-state index contributed by atoms with van der Waals surface area (Å²) in [6, 6.07) is 4.32. The molecule has 0 spiro atoms. The van der Waals surface area contributed by atoms with Crippen LogP contribution in [-0.2, 0) is 6.18 Å². The van der Waals surface area contributed by atoms with Gasteiger partial charge in [0.15, 0.2) is 0 Å². The first-order valence-electron chi connectivity index (χ1n) is 5.09. The Morgan fingerprint density at radius 2 is 2.11 bits per heavy atom. The molecule has 100 valence electrons. The predicted octanol–water partition coefficient (Wildman–Crippen LogP) is 2.98. The van der Waals surface area contributed by atoms with Crippen molar-refractivity contribution >= 4 is 11.8 Å². The van der Waals surface area contributed by atoms with E-state index in [1.807, 2.05) is 5.32 Å². The molecule has 0 fully saturated rings. The fourth-order valence-corrected chi connectivity index (χ4v) is 1.54. The second kappa shape index (κ2) is 4.63. The third kappa shape index (κ3) is 2.84. The molecule has 0 atom stereocenters. The molecule has 1 heterocycles. The van der Waals surface area contributed by atoms with Crippen molar-refractivity contribution in [1.82, 2.24) is 9.78 Å². The van der Waals surface area contributed by atoms with Crippen LogP contribution in [0.1, 0.15) is 5.56 Å². The van der Waals surface area contributed by atoms with Crippen LogP contribution in [0.5, 0.6) is 0 Å². The molecular formula is C11H8F3N3O2. The number of alkyl halides is 3. The van der Waals surface area contributed by atoms with Crippen LogP contribution in [0, 0.1) is 0 Å². The van der Waals surface area contributed by atoms with Gasteiger partial charge < -0.3 is 5.11 Å². The van der Waals surface area contributed by atoms with Gasteiger partial charge >= 0.3 is 12.3 Å². The maximum Gasteiger partial charge on any atom is 0.416 e. The molecule has 8 heteroatoms. The summed E-state index contributed by atoms with van der Waals surface area (Å²) in [4.78, 5) is 10.6. The van der Waals surface area contributed by atoms with Crippen molar-refractivity contribution in [3.05, 3.63) is 42.2 Å². The van der Waals surface area contributed by atoms with Crippen LogP contribution in [0.4, 0.5) is 23.7 Å². The minimum absolute atomic E-state index is 0.189. The van der Waals surface area contributed by atoms with Crippen LogP contribution in [0.2, 0.25) is 0 Å². The average Bonchev–Trinajstić information content (AvgIpc) is 2.80. The highest BCUT2D eigenvalue weighted by atomic mass is 19.4. The molecule has 0 bridgehead atoms. The third-order valence-electron chi connectivity index (χ3n) is 2.32. The van der Waals surface area contributed by atoms with Gasteiger partial charge in [-0.05, 0) is 24.3 Å². The van der Waals surface area contributed by atoms with Gasteiger partial charge in [0.05, 0.1) is 16.9 Å². The van der Waals surface area contributed by atoms with E-state index in [0.29, 0.717) is 0 Å². The maximum atomic E-state index is 12.6. The lowest BCUT2D eigenvalue weighted by Gasteiger charge is -2.13. The number of hydrogen-bond donors (Lipinski definition) is 2. The Morgan fingerprint density at radius 1 is 1.37 bits per heavy atom. The van der Waals surface area contributed by atoms with Gasteiger partial charge in [-0.25, -0.2) is 9.48 Å². The Kier molecular flexibility index (Phi) is 3.16. The molecule has 0 aliphatic carbocycles. The number of carbonyl (C=O) groups is 1. The minimum Gasteiger partial charge on any atom is -0.465 e. The summed E-state index contributed by atoms with van der Waals surface area (Å²) in [5.74, 6) is 0. The zero-order valence-corrected chi connectivity index (χ0v) is 9.35. The van der Waals surface area contributed by atoms with E-state index in [-0.39, 0.29) is 11.4 Å². The van der Waals surface area contributed by atoms with Crippen molar-refractivity contribution in [2.24, 2.45) is 0 Å². The van der Waals surface area contributed by atoms with Crippen molar-refractivity contribution in [3.63, 3.8) is 0 Å². The summed E-state index contributed by atoms with van der Waals surface area (Å²) in [6.07, 6.45) is -3.07. The van der Waals surface area contributed by atoms with E-state index in [0.717, 1.165) is 18.2 Å². The molecule has 0 unspecified atom stereocenters. The van der Waals surface area contributed by atoms with Gasteiger partial charge in [0.2, 0.25) is 0 Å². The molecule has 19 heavy (non-hydrogen) atoms. The van der Waals surface area contributed by atoms with Gasteiger partial charge in [-0.3, -0.25) is 5.32 Å². The summed E-state index contributed by atoms with van der Waals surface area (Å²) >= 11 is 0. The molecule has 1 aromatic carbocycles. The lowest BCUT2D eigenvalue weighted by molar-refractivity contribution is -0.137. The number of aromatic nitrogens is 2. The van der Waals surface area contributed by atoms with Crippen molar-refractivity contribution in [3.8, 4) is 5.69 Å². The second-order valence-corrected chi connectivity index (χ2v) is 3.61. The Morgan fingerprint density at radius 3 is 2.63 bits per heavy atom. The van der Waals surface area contributed by atoms with Crippen molar-refractivity contribution < 1.29 is 23.1 Å². The van der Waals surface area contributed by atoms with Crippen LogP contribution < -0.4 is 5.32 Å². The second-order valence-electron chi connectivity index (χ2n) is 3.61. The van der Waals surface area contributed by atoms with E-state index in [1.54, 1.807) is 6.07 Å². The molecule has 0 saturated carbocycles. The molecule has 2 aromatic rings. The monoisotopic (exact) mass is 271 g/mol. The first-order chi connectivity index (χ1) is 8.88. The van der Waals surface area contributed by atoms with E-state index < -0.39 is 17.8 Å². The van der Waals surface area contributed by atoms with Crippen LogP contribution in [0.15, 0.2) is 36.7 Å². The van der Waals surface area contributed by atoms with Gasteiger partial charge in [0.1, 0.15) is 0 Å². The summed E-state index contributed by atoms with van der Waals surface area (Å²) in [7, 11) is 0. The van der Waals surface area contributed by atoms with E-state index in [1.165, 1.54) is 17.1 Å². The highest BCUT2D eigenvalue weighted by Gasteiger charge is 2.31. The van der Waals surface area contributed by atoms with Gasteiger partial charge in [-0.1, -0.05) is 0 Å². The number of benzene rings is 1. The predicted molar refractivity (Wildman–Crippen MR) is 60.2 cm³/mol. The van der Waals surface area contributed by atoms with Crippen LogP contribution in [0.3, 0.4) is 0 Å². The van der Waals surface area contributed by atoms with E-state index in [2.05, 4.69) is 5.10 Å². The molecule has 2 N–H and O–H groups in total. The smallest absolute Gasteiger partial charge is 0.416 e. The van der Waals surface area contributed by atoms with Gasteiger partial charge in [-0.15, -0.1) is 0 Å². The number of nitrogens with one attached hydrogen (secondary N) is 1. The van der Waals surface area contributed by atoms with Crippen molar-refractivity contribution in [1.29, 1.82) is 0 Å². The molecule has 1 aromatic heterocycles. The van der Waals surface area contributed by atoms with Gasteiger partial charge in [0.25, 0.3) is 0 Å². The number of carboxylic acid groups (broad SMARTS) is 1. The van der Waals surface area contributed by atoms with Gasteiger partial charge in [0, 0.05) is 12.4 Å². The highest BCUT2D eigenvalue weighted by molar-refractivity contribution is 5.86. The zero-order valence-electron chi connectivity index (χ0n) is 9.35. The van der Waals surface area contributed by atoms with Crippen LogP contribution in [0.25, 0.3) is 5.69 Å². The fraction of sp³-hybridized carbons (Fsp3) is 0.0909. The molecule has 1 amide bonds. The first-order valence-corrected chi connectivity index (χ1v) is 5.09. The van der Waals surface area contributed by atoms with E-state index in [4.69, 9.17) is 5.11 Å². The Hall–Kier alpha value is -2.51. The molecule has 0 aliphatic rings.